The summed E-state index contributed by atoms with van der Waals surface area (Å²) in [6, 6.07) is 3.09. The third-order valence-electron chi connectivity index (χ3n) is 2.71. The molecular weight excluding hydrogens is 309 g/mol. The van der Waals surface area contributed by atoms with Crippen molar-refractivity contribution in [2.24, 2.45) is 7.05 Å². The van der Waals surface area contributed by atoms with Gasteiger partial charge in [0.15, 0.2) is 5.82 Å². The van der Waals surface area contributed by atoms with Gasteiger partial charge in [-0.25, -0.2) is 12.8 Å². The van der Waals surface area contributed by atoms with E-state index in [2.05, 4.69) is 10.2 Å². The molecule has 9 heteroatoms. The maximum atomic E-state index is 13.1. The number of aryl methyl sites for hydroxylation is 1. The van der Waals surface area contributed by atoms with Crippen LogP contribution in [0.2, 0.25) is 0 Å². The number of hydrogen-bond donors (Lipinski definition) is 0. The van der Waals surface area contributed by atoms with Crippen LogP contribution in [0, 0.1) is 12.7 Å². The van der Waals surface area contributed by atoms with Crippen molar-refractivity contribution in [1.82, 2.24) is 14.8 Å². The quantitative estimate of drug-likeness (QED) is 0.803. The number of hydrogen-bond acceptors (Lipinski definition) is 5. The van der Waals surface area contributed by atoms with Crippen LogP contribution in [-0.4, -0.2) is 23.2 Å². The zero-order chi connectivity index (χ0) is 14.9. The molecule has 20 heavy (non-hydrogen) atoms. The molecule has 0 amide bonds. The lowest BCUT2D eigenvalue weighted by Gasteiger charge is -2.09. The highest BCUT2D eigenvalue weighted by Crippen LogP contribution is 2.28. The second-order valence-electron chi connectivity index (χ2n) is 4.04. The molecule has 0 saturated carbocycles. The summed E-state index contributed by atoms with van der Waals surface area (Å²) in [5.74, 6) is 0.436. The van der Waals surface area contributed by atoms with Gasteiger partial charge in [-0.3, -0.25) is 0 Å². The Hall–Kier alpha value is -1.67. The van der Waals surface area contributed by atoms with E-state index in [1.165, 1.54) is 6.07 Å². The number of aromatic nitrogens is 3. The Labute approximate surface area is 119 Å². The zero-order valence-corrected chi connectivity index (χ0v) is 12.2. The molecule has 2 rings (SSSR count). The highest BCUT2D eigenvalue weighted by atomic mass is 35.7. The minimum Gasteiger partial charge on any atom is -0.484 e. The number of halogens is 2. The van der Waals surface area contributed by atoms with Crippen molar-refractivity contribution < 1.29 is 17.5 Å². The van der Waals surface area contributed by atoms with Gasteiger partial charge in [-0.1, -0.05) is 0 Å². The van der Waals surface area contributed by atoms with E-state index in [0.717, 1.165) is 12.1 Å². The molecule has 2 aromatic rings. The van der Waals surface area contributed by atoms with Gasteiger partial charge in [0.05, 0.1) is 0 Å². The summed E-state index contributed by atoms with van der Waals surface area (Å²) in [5, 5.41) is 7.71. The van der Waals surface area contributed by atoms with Gasteiger partial charge in [-0.05, 0) is 25.1 Å². The number of nitrogens with zero attached hydrogens (tertiary/aromatic N) is 3. The molecule has 0 N–H and O–H groups in total. The molecule has 0 radical (unpaired) electrons. The van der Waals surface area contributed by atoms with Crippen LogP contribution in [0.3, 0.4) is 0 Å². The first-order chi connectivity index (χ1) is 9.29. The van der Waals surface area contributed by atoms with E-state index in [1.807, 2.05) is 0 Å². The van der Waals surface area contributed by atoms with Crippen LogP contribution in [0.15, 0.2) is 23.1 Å². The zero-order valence-electron chi connectivity index (χ0n) is 10.7. The molecule has 0 bridgehead atoms. The monoisotopic (exact) mass is 319 g/mol. The van der Waals surface area contributed by atoms with Gasteiger partial charge in [0.1, 0.15) is 28.9 Å². The second kappa shape index (κ2) is 5.37. The van der Waals surface area contributed by atoms with Crippen LogP contribution in [-0.2, 0) is 22.7 Å². The molecule has 0 fully saturated rings. The van der Waals surface area contributed by atoms with Crippen LogP contribution in [0.4, 0.5) is 4.39 Å². The first-order valence-corrected chi connectivity index (χ1v) is 7.82. The van der Waals surface area contributed by atoms with Crippen LogP contribution < -0.4 is 4.74 Å². The highest BCUT2D eigenvalue weighted by molar-refractivity contribution is 8.13. The highest BCUT2D eigenvalue weighted by Gasteiger charge is 2.18. The summed E-state index contributed by atoms with van der Waals surface area (Å²) < 4.78 is 42.9. The first-order valence-electron chi connectivity index (χ1n) is 5.51. The second-order valence-corrected chi connectivity index (χ2v) is 6.57. The lowest BCUT2D eigenvalue weighted by molar-refractivity contribution is 0.283. The Morgan fingerprint density at radius 1 is 1.40 bits per heavy atom. The normalized spacial score (nSPS) is 11.6. The van der Waals surface area contributed by atoms with Crippen molar-refractivity contribution >= 4 is 19.7 Å². The molecule has 0 aliphatic carbocycles. The van der Waals surface area contributed by atoms with Crippen molar-refractivity contribution in [3.63, 3.8) is 0 Å². The van der Waals surface area contributed by atoms with Crippen LogP contribution in [0.5, 0.6) is 5.75 Å². The topological polar surface area (TPSA) is 74.1 Å². The van der Waals surface area contributed by atoms with Gasteiger partial charge in [-0.2, -0.15) is 0 Å². The molecule has 1 aromatic heterocycles. The summed E-state index contributed by atoms with van der Waals surface area (Å²) in [7, 11) is 2.89. The predicted molar refractivity (Wildman–Crippen MR) is 69.5 cm³/mol. The first kappa shape index (κ1) is 14.7. The van der Waals surface area contributed by atoms with Gasteiger partial charge in [0, 0.05) is 17.7 Å². The largest absolute Gasteiger partial charge is 0.484 e. The minimum absolute atomic E-state index is 0.0115. The Balaban J connectivity index is 2.28. The fourth-order valence-corrected chi connectivity index (χ4v) is 2.49. The Morgan fingerprint density at radius 2 is 2.10 bits per heavy atom. The third-order valence-corrected chi connectivity index (χ3v) is 4.05. The summed E-state index contributed by atoms with van der Waals surface area (Å²) in [6.45, 7) is 1.76. The molecule has 6 nitrogen and oxygen atoms in total. The molecule has 0 unspecified atom stereocenters. The average molecular weight is 320 g/mol. The predicted octanol–water partition coefficient (Wildman–Crippen LogP) is 1.77. The van der Waals surface area contributed by atoms with E-state index < -0.39 is 19.8 Å². The lowest BCUT2D eigenvalue weighted by Crippen LogP contribution is -2.06. The minimum atomic E-state index is -4.10. The van der Waals surface area contributed by atoms with Gasteiger partial charge >= 0.3 is 0 Å². The Bertz CT molecular complexity index is 745. The van der Waals surface area contributed by atoms with E-state index >= 15 is 0 Å². The molecule has 108 valence electrons. The molecule has 1 aromatic carbocycles. The third kappa shape index (κ3) is 3.07. The standard InChI is InChI=1S/C11H11ClFN3O3S/c1-7-14-15-11(16(7)2)6-19-9-4-3-8(13)5-10(9)20(12,17)18/h3-5H,6H2,1-2H3. The van der Waals surface area contributed by atoms with E-state index in [0.29, 0.717) is 11.6 Å². The fourth-order valence-electron chi connectivity index (χ4n) is 1.51. The molecule has 0 aliphatic heterocycles. The smallest absolute Gasteiger partial charge is 0.265 e. The van der Waals surface area contributed by atoms with Crippen LogP contribution in [0.25, 0.3) is 0 Å². The number of ether oxygens (including phenoxy) is 1. The molecule has 0 aliphatic rings. The maximum Gasteiger partial charge on any atom is 0.265 e. The summed E-state index contributed by atoms with van der Waals surface area (Å²) >= 11 is 0. The van der Waals surface area contributed by atoms with Gasteiger partial charge in [0.2, 0.25) is 0 Å². The van der Waals surface area contributed by atoms with E-state index in [1.54, 1.807) is 18.5 Å². The molecule has 0 saturated heterocycles. The van der Waals surface area contributed by atoms with E-state index in [9.17, 15) is 12.8 Å². The number of benzene rings is 1. The van der Waals surface area contributed by atoms with Crippen molar-refractivity contribution in [2.75, 3.05) is 0 Å². The Morgan fingerprint density at radius 3 is 2.65 bits per heavy atom. The molecule has 0 atom stereocenters. The van der Waals surface area contributed by atoms with Gasteiger partial charge in [0.25, 0.3) is 9.05 Å². The van der Waals surface area contributed by atoms with Crippen molar-refractivity contribution in [3.05, 3.63) is 35.7 Å². The van der Waals surface area contributed by atoms with Crippen LogP contribution in [0.1, 0.15) is 11.6 Å². The van der Waals surface area contributed by atoms with Crippen molar-refractivity contribution in [2.45, 2.75) is 18.4 Å². The lowest BCUT2D eigenvalue weighted by atomic mass is 10.3. The fraction of sp³-hybridized carbons (Fsp3) is 0.273. The summed E-state index contributed by atoms with van der Waals surface area (Å²) in [4.78, 5) is -0.418. The van der Waals surface area contributed by atoms with E-state index in [-0.39, 0.29) is 12.4 Å². The summed E-state index contributed by atoms with van der Waals surface area (Å²) in [5.41, 5.74) is 0. The maximum absolute atomic E-state index is 13.1. The SMILES string of the molecule is Cc1nnc(COc2ccc(F)cc2S(=O)(=O)Cl)n1C. The average Bonchev–Trinajstić information content (AvgIpc) is 2.67. The van der Waals surface area contributed by atoms with E-state index in [4.69, 9.17) is 15.4 Å². The molecule has 1 heterocycles. The molecule has 0 spiro atoms. The van der Waals surface area contributed by atoms with Crippen molar-refractivity contribution in [1.29, 1.82) is 0 Å². The molecular formula is C11H11ClFN3O3S. The Kier molecular flexibility index (Phi) is 3.96. The summed E-state index contributed by atoms with van der Waals surface area (Å²) in [6.07, 6.45) is 0. The number of rotatable bonds is 4. The van der Waals surface area contributed by atoms with Crippen LogP contribution >= 0.6 is 10.7 Å². The van der Waals surface area contributed by atoms with Crippen molar-refractivity contribution in [3.8, 4) is 5.75 Å². The van der Waals surface area contributed by atoms with Gasteiger partial charge < -0.3 is 9.30 Å². The van der Waals surface area contributed by atoms with Gasteiger partial charge in [-0.15, -0.1) is 10.2 Å².